The van der Waals surface area contributed by atoms with E-state index in [1.54, 1.807) is 12.4 Å². The van der Waals surface area contributed by atoms with Gasteiger partial charge in [-0.3, -0.25) is 4.98 Å². The molecule has 4 nitrogen and oxygen atoms in total. The van der Waals surface area contributed by atoms with Crippen LogP contribution in [-0.4, -0.2) is 22.1 Å². The minimum Gasteiger partial charge on any atom is -0.369 e. The van der Waals surface area contributed by atoms with Crippen LogP contribution in [-0.2, 0) is 6.54 Å². The maximum Gasteiger partial charge on any atom is 0.144 e. The van der Waals surface area contributed by atoms with Gasteiger partial charge in [-0.2, -0.15) is 0 Å². The van der Waals surface area contributed by atoms with Crippen LogP contribution in [0.25, 0.3) is 0 Å². The van der Waals surface area contributed by atoms with Crippen LogP contribution in [0.4, 0.5) is 5.82 Å². The van der Waals surface area contributed by atoms with Gasteiger partial charge in [0.15, 0.2) is 0 Å². The van der Waals surface area contributed by atoms with Crippen molar-refractivity contribution in [1.29, 1.82) is 0 Å². The lowest BCUT2D eigenvalue weighted by molar-refractivity contribution is 0.421. The quantitative estimate of drug-likeness (QED) is 0.792. The Morgan fingerprint density at radius 2 is 1.93 bits per heavy atom. The lowest BCUT2D eigenvalue weighted by Gasteiger charge is -2.19. The number of nitrogens with one attached hydrogen (secondary N) is 2. The van der Waals surface area contributed by atoms with E-state index in [-0.39, 0.29) is 5.54 Å². The Bertz CT molecular complexity index is 286. The molecule has 84 valence electrons. The van der Waals surface area contributed by atoms with Gasteiger partial charge >= 0.3 is 0 Å². The molecule has 0 amide bonds. The van der Waals surface area contributed by atoms with E-state index in [1.807, 2.05) is 6.92 Å². The molecule has 4 heteroatoms. The van der Waals surface area contributed by atoms with Gasteiger partial charge < -0.3 is 10.6 Å². The molecule has 1 aromatic heterocycles. The van der Waals surface area contributed by atoms with Gasteiger partial charge in [0.1, 0.15) is 5.82 Å². The summed E-state index contributed by atoms with van der Waals surface area (Å²) in [5.74, 6) is 0.831. The van der Waals surface area contributed by atoms with Crippen LogP contribution in [0.3, 0.4) is 0 Å². The fraction of sp³-hybridized carbons (Fsp3) is 0.636. The lowest BCUT2D eigenvalue weighted by Crippen LogP contribution is -2.35. The second kappa shape index (κ2) is 5.07. The highest BCUT2D eigenvalue weighted by Crippen LogP contribution is 2.03. The zero-order valence-corrected chi connectivity index (χ0v) is 9.96. The van der Waals surface area contributed by atoms with Crippen molar-refractivity contribution in [2.24, 2.45) is 0 Å². The molecule has 0 aliphatic heterocycles. The summed E-state index contributed by atoms with van der Waals surface area (Å²) in [5.41, 5.74) is 1.08. The first-order chi connectivity index (χ1) is 7.01. The molecule has 2 N–H and O–H groups in total. The first-order valence-electron chi connectivity index (χ1n) is 5.31. The largest absolute Gasteiger partial charge is 0.369 e. The zero-order chi connectivity index (χ0) is 11.3. The van der Waals surface area contributed by atoms with E-state index in [1.165, 1.54) is 0 Å². The van der Waals surface area contributed by atoms with Gasteiger partial charge in [0.25, 0.3) is 0 Å². The Hall–Kier alpha value is -1.16. The number of rotatable bonds is 4. The fourth-order valence-corrected chi connectivity index (χ4v) is 1.07. The van der Waals surface area contributed by atoms with Crippen molar-refractivity contribution in [3.63, 3.8) is 0 Å². The van der Waals surface area contributed by atoms with Gasteiger partial charge in [-0.05, 0) is 27.7 Å². The third-order valence-electron chi connectivity index (χ3n) is 1.86. The molecule has 0 unspecified atom stereocenters. The standard InChI is InChI=1S/C11H20N4/c1-5-12-10-8-13-9(6-14-10)7-15-11(2,3)4/h6,8,15H,5,7H2,1-4H3,(H,12,14). The van der Waals surface area contributed by atoms with Gasteiger partial charge in [0.2, 0.25) is 0 Å². The molecule has 0 saturated carbocycles. The second-order valence-corrected chi connectivity index (χ2v) is 4.53. The number of hydrogen-bond acceptors (Lipinski definition) is 4. The summed E-state index contributed by atoms with van der Waals surface area (Å²) < 4.78 is 0. The smallest absolute Gasteiger partial charge is 0.144 e. The predicted molar refractivity (Wildman–Crippen MR) is 62.8 cm³/mol. The number of aromatic nitrogens is 2. The topological polar surface area (TPSA) is 49.8 Å². The highest BCUT2D eigenvalue weighted by Gasteiger charge is 2.08. The van der Waals surface area contributed by atoms with Crippen molar-refractivity contribution in [1.82, 2.24) is 15.3 Å². The Labute approximate surface area is 91.5 Å². The van der Waals surface area contributed by atoms with Crippen LogP contribution in [0, 0.1) is 0 Å². The molecule has 0 aliphatic rings. The molecule has 1 heterocycles. The average molecular weight is 208 g/mol. The molecule has 0 spiro atoms. The summed E-state index contributed by atoms with van der Waals surface area (Å²) in [6, 6.07) is 0. The number of hydrogen-bond donors (Lipinski definition) is 2. The van der Waals surface area contributed by atoms with E-state index in [9.17, 15) is 0 Å². The molecule has 0 saturated heterocycles. The molecule has 0 radical (unpaired) electrons. The third kappa shape index (κ3) is 4.74. The van der Waals surface area contributed by atoms with E-state index in [2.05, 4.69) is 41.4 Å². The summed E-state index contributed by atoms with van der Waals surface area (Å²) in [6.45, 7) is 10.1. The van der Waals surface area contributed by atoms with Crippen LogP contribution >= 0.6 is 0 Å². The molecule has 1 rings (SSSR count). The van der Waals surface area contributed by atoms with Crippen molar-refractivity contribution in [3.05, 3.63) is 18.1 Å². The average Bonchev–Trinajstić information content (AvgIpc) is 2.16. The predicted octanol–water partition coefficient (Wildman–Crippen LogP) is 1.80. The highest BCUT2D eigenvalue weighted by molar-refractivity contribution is 5.30. The molecule has 15 heavy (non-hydrogen) atoms. The van der Waals surface area contributed by atoms with Crippen LogP contribution in [0.2, 0.25) is 0 Å². The van der Waals surface area contributed by atoms with Crippen LogP contribution < -0.4 is 10.6 Å². The molecule has 0 atom stereocenters. The summed E-state index contributed by atoms with van der Waals surface area (Å²) >= 11 is 0. The van der Waals surface area contributed by atoms with E-state index in [0.717, 1.165) is 24.6 Å². The van der Waals surface area contributed by atoms with Gasteiger partial charge in [-0.1, -0.05) is 0 Å². The Kier molecular flexibility index (Phi) is 4.03. The summed E-state index contributed by atoms with van der Waals surface area (Å²) in [7, 11) is 0. The zero-order valence-electron chi connectivity index (χ0n) is 9.96. The van der Waals surface area contributed by atoms with Crippen molar-refractivity contribution in [3.8, 4) is 0 Å². The van der Waals surface area contributed by atoms with Crippen LogP contribution in [0.5, 0.6) is 0 Å². The molecule has 0 bridgehead atoms. The van der Waals surface area contributed by atoms with E-state index in [4.69, 9.17) is 0 Å². The normalized spacial score (nSPS) is 11.5. The summed E-state index contributed by atoms with van der Waals surface area (Å²) in [6.07, 6.45) is 3.57. The maximum absolute atomic E-state index is 4.31. The molecule has 0 aliphatic carbocycles. The summed E-state index contributed by atoms with van der Waals surface area (Å²) in [4.78, 5) is 8.57. The minimum absolute atomic E-state index is 0.113. The van der Waals surface area contributed by atoms with Crippen LogP contribution in [0.1, 0.15) is 33.4 Å². The van der Waals surface area contributed by atoms with E-state index < -0.39 is 0 Å². The molecular weight excluding hydrogens is 188 g/mol. The second-order valence-electron chi connectivity index (χ2n) is 4.53. The van der Waals surface area contributed by atoms with E-state index >= 15 is 0 Å². The first-order valence-corrected chi connectivity index (χ1v) is 5.31. The Morgan fingerprint density at radius 3 is 2.40 bits per heavy atom. The van der Waals surface area contributed by atoms with Crippen molar-refractivity contribution in [2.45, 2.75) is 39.8 Å². The lowest BCUT2D eigenvalue weighted by atomic mass is 10.1. The monoisotopic (exact) mass is 208 g/mol. The molecular formula is C11H20N4. The minimum atomic E-state index is 0.113. The highest BCUT2D eigenvalue weighted by atomic mass is 15.0. The van der Waals surface area contributed by atoms with Crippen molar-refractivity contribution in [2.75, 3.05) is 11.9 Å². The van der Waals surface area contributed by atoms with E-state index in [0.29, 0.717) is 0 Å². The Morgan fingerprint density at radius 1 is 1.20 bits per heavy atom. The summed E-state index contributed by atoms with van der Waals surface area (Å²) in [5, 5.41) is 6.48. The van der Waals surface area contributed by atoms with Gasteiger partial charge in [0, 0.05) is 18.6 Å². The number of anilines is 1. The molecule has 0 aromatic carbocycles. The van der Waals surface area contributed by atoms with Crippen LogP contribution in [0.15, 0.2) is 12.4 Å². The molecule has 0 fully saturated rings. The SMILES string of the molecule is CCNc1cnc(CNC(C)(C)C)cn1. The van der Waals surface area contributed by atoms with Crippen molar-refractivity contribution < 1.29 is 0 Å². The number of nitrogens with zero attached hydrogens (tertiary/aromatic N) is 2. The fourth-order valence-electron chi connectivity index (χ4n) is 1.07. The molecule has 1 aromatic rings. The van der Waals surface area contributed by atoms with Gasteiger partial charge in [0.05, 0.1) is 18.1 Å². The van der Waals surface area contributed by atoms with Gasteiger partial charge in [-0.15, -0.1) is 0 Å². The Balaban J connectivity index is 2.50. The third-order valence-corrected chi connectivity index (χ3v) is 1.86. The van der Waals surface area contributed by atoms with Gasteiger partial charge in [-0.25, -0.2) is 4.98 Å². The van der Waals surface area contributed by atoms with Crippen molar-refractivity contribution >= 4 is 5.82 Å². The maximum atomic E-state index is 4.31. The first kappa shape index (κ1) is 11.9.